The molecule has 5 heteroatoms. The van der Waals surface area contributed by atoms with E-state index in [-0.39, 0.29) is 0 Å². The van der Waals surface area contributed by atoms with E-state index in [0.717, 1.165) is 78.3 Å². The Labute approximate surface area is 168 Å². The molecule has 0 saturated carbocycles. The Morgan fingerprint density at radius 3 is 2.43 bits per heavy atom. The van der Waals surface area contributed by atoms with E-state index in [1.54, 1.807) is 7.11 Å². The summed E-state index contributed by atoms with van der Waals surface area (Å²) >= 11 is 0. The van der Waals surface area contributed by atoms with Crippen LogP contribution in [0.25, 0.3) is 11.3 Å². The number of anilines is 1. The zero-order chi connectivity index (χ0) is 20.3. The molecule has 0 fully saturated rings. The first-order valence-corrected chi connectivity index (χ1v) is 10.6. The first-order chi connectivity index (χ1) is 13.6. The second kappa shape index (κ2) is 8.91. The standard InChI is InChI=1S/C23H33N3O2/c1-6-15(7-2)24-23-19(9-4)25-22(18(8-3)26-23)17-12-14-10-11-20(27)16(14)13-21(17)28-5/h12-13,15,20,27H,6-11H2,1-5H3,(H,24,26). The minimum atomic E-state index is -0.396. The van der Waals surface area contributed by atoms with Gasteiger partial charge in [-0.2, -0.15) is 0 Å². The van der Waals surface area contributed by atoms with Crippen LogP contribution in [-0.2, 0) is 19.3 Å². The van der Waals surface area contributed by atoms with Crippen LogP contribution in [0.4, 0.5) is 5.82 Å². The van der Waals surface area contributed by atoms with Gasteiger partial charge in [0.2, 0.25) is 0 Å². The monoisotopic (exact) mass is 383 g/mol. The molecule has 1 unspecified atom stereocenters. The van der Waals surface area contributed by atoms with Crippen LogP contribution in [0.5, 0.6) is 5.75 Å². The molecule has 0 saturated heterocycles. The molecule has 2 aromatic rings. The Bertz CT molecular complexity index is 831. The van der Waals surface area contributed by atoms with E-state index >= 15 is 0 Å². The molecule has 1 aliphatic rings. The normalized spacial score (nSPS) is 15.8. The molecular weight excluding hydrogens is 350 g/mol. The van der Waals surface area contributed by atoms with Gasteiger partial charge in [0.05, 0.1) is 30.3 Å². The van der Waals surface area contributed by atoms with Crippen LogP contribution < -0.4 is 10.1 Å². The number of aryl methyl sites for hydroxylation is 3. The maximum Gasteiger partial charge on any atom is 0.148 e. The molecule has 0 bridgehead atoms. The third-order valence-electron chi connectivity index (χ3n) is 5.80. The van der Waals surface area contributed by atoms with Crippen molar-refractivity contribution in [3.8, 4) is 17.0 Å². The number of hydrogen-bond donors (Lipinski definition) is 2. The third-order valence-corrected chi connectivity index (χ3v) is 5.80. The summed E-state index contributed by atoms with van der Waals surface area (Å²) in [6, 6.07) is 4.53. The molecule has 0 radical (unpaired) electrons. The largest absolute Gasteiger partial charge is 0.496 e. The van der Waals surface area contributed by atoms with E-state index in [1.807, 2.05) is 6.07 Å². The summed E-state index contributed by atoms with van der Waals surface area (Å²) < 4.78 is 5.68. The quantitative estimate of drug-likeness (QED) is 0.681. The average Bonchev–Trinajstić information content (AvgIpc) is 3.10. The van der Waals surface area contributed by atoms with Crippen molar-refractivity contribution in [2.45, 2.75) is 78.4 Å². The van der Waals surface area contributed by atoms with Gasteiger partial charge in [0, 0.05) is 11.6 Å². The summed E-state index contributed by atoms with van der Waals surface area (Å²) in [5.74, 6) is 1.67. The second-order valence-corrected chi connectivity index (χ2v) is 7.48. The first kappa shape index (κ1) is 20.6. The fourth-order valence-electron chi connectivity index (χ4n) is 3.98. The molecule has 3 rings (SSSR count). The molecule has 1 atom stereocenters. The molecule has 0 aliphatic heterocycles. The highest BCUT2D eigenvalue weighted by atomic mass is 16.5. The molecule has 1 aromatic heterocycles. The highest BCUT2D eigenvalue weighted by molar-refractivity contribution is 5.72. The fourth-order valence-corrected chi connectivity index (χ4v) is 3.98. The van der Waals surface area contributed by atoms with E-state index in [0.29, 0.717) is 6.04 Å². The lowest BCUT2D eigenvalue weighted by Gasteiger charge is -2.20. The van der Waals surface area contributed by atoms with Gasteiger partial charge in [0.25, 0.3) is 0 Å². The number of aromatic nitrogens is 2. The van der Waals surface area contributed by atoms with Crippen molar-refractivity contribution in [2.24, 2.45) is 0 Å². The predicted molar refractivity (Wildman–Crippen MR) is 114 cm³/mol. The lowest BCUT2D eigenvalue weighted by Crippen LogP contribution is -2.20. The zero-order valence-corrected chi connectivity index (χ0v) is 17.8. The highest BCUT2D eigenvalue weighted by Gasteiger charge is 2.25. The number of benzene rings is 1. The van der Waals surface area contributed by atoms with Crippen LogP contribution in [0, 0.1) is 0 Å². The van der Waals surface area contributed by atoms with Crippen molar-refractivity contribution < 1.29 is 9.84 Å². The van der Waals surface area contributed by atoms with Gasteiger partial charge in [-0.1, -0.05) is 27.7 Å². The number of aliphatic hydroxyl groups is 1. The molecule has 1 aromatic carbocycles. The first-order valence-electron chi connectivity index (χ1n) is 10.6. The Morgan fingerprint density at radius 1 is 1.11 bits per heavy atom. The van der Waals surface area contributed by atoms with Crippen LogP contribution >= 0.6 is 0 Å². The minimum absolute atomic E-state index is 0.396. The number of nitrogens with zero attached hydrogens (tertiary/aromatic N) is 2. The van der Waals surface area contributed by atoms with Gasteiger partial charge in [-0.05, 0) is 61.8 Å². The Morgan fingerprint density at radius 2 is 1.82 bits per heavy atom. The molecular formula is C23H33N3O2. The van der Waals surface area contributed by atoms with Gasteiger partial charge in [-0.3, -0.25) is 0 Å². The summed E-state index contributed by atoms with van der Waals surface area (Å²) in [7, 11) is 1.68. The number of rotatable bonds is 8. The number of hydrogen-bond acceptors (Lipinski definition) is 5. The number of methoxy groups -OCH3 is 1. The van der Waals surface area contributed by atoms with Crippen LogP contribution in [0.1, 0.15) is 75.6 Å². The fraction of sp³-hybridized carbons (Fsp3) is 0.565. The lowest BCUT2D eigenvalue weighted by molar-refractivity contribution is 0.179. The minimum Gasteiger partial charge on any atom is -0.496 e. The molecule has 5 nitrogen and oxygen atoms in total. The third kappa shape index (κ3) is 3.86. The number of aliphatic hydroxyl groups excluding tert-OH is 1. The lowest BCUT2D eigenvalue weighted by atomic mass is 10.00. The maximum atomic E-state index is 10.2. The van der Waals surface area contributed by atoms with Gasteiger partial charge >= 0.3 is 0 Å². The number of fused-ring (bicyclic) bond motifs is 1. The van der Waals surface area contributed by atoms with Crippen molar-refractivity contribution in [1.29, 1.82) is 0 Å². The SMILES string of the molecule is CCc1nc(-c2cc3c(cc2OC)C(O)CC3)c(CC)nc1NC(CC)CC. The molecule has 152 valence electrons. The van der Waals surface area contributed by atoms with E-state index < -0.39 is 6.10 Å². The summed E-state index contributed by atoms with van der Waals surface area (Å²) in [5, 5.41) is 13.8. The Kier molecular flexibility index (Phi) is 6.55. The van der Waals surface area contributed by atoms with Crippen molar-refractivity contribution in [3.63, 3.8) is 0 Å². The van der Waals surface area contributed by atoms with Crippen molar-refractivity contribution in [2.75, 3.05) is 12.4 Å². The molecule has 0 amide bonds. The molecule has 1 aliphatic carbocycles. The summed E-state index contributed by atoms with van der Waals surface area (Å²) in [5.41, 5.74) is 6.00. The molecule has 28 heavy (non-hydrogen) atoms. The molecule has 2 N–H and O–H groups in total. The predicted octanol–water partition coefficient (Wildman–Crippen LogP) is 4.86. The second-order valence-electron chi connectivity index (χ2n) is 7.48. The smallest absolute Gasteiger partial charge is 0.148 e. The van der Waals surface area contributed by atoms with Crippen LogP contribution in [0.3, 0.4) is 0 Å². The Balaban J connectivity index is 2.12. The molecule has 0 spiro atoms. The van der Waals surface area contributed by atoms with Gasteiger partial charge in [-0.15, -0.1) is 0 Å². The molecule has 1 heterocycles. The van der Waals surface area contributed by atoms with Gasteiger partial charge in [0.15, 0.2) is 0 Å². The van der Waals surface area contributed by atoms with E-state index in [4.69, 9.17) is 14.7 Å². The van der Waals surface area contributed by atoms with Gasteiger partial charge < -0.3 is 15.2 Å². The van der Waals surface area contributed by atoms with Crippen molar-refractivity contribution in [1.82, 2.24) is 9.97 Å². The summed E-state index contributed by atoms with van der Waals surface area (Å²) in [6.45, 7) is 8.62. The summed E-state index contributed by atoms with van der Waals surface area (Å²) in [4.78, 5) is 10.0. The van der Waals surface area contributed by atoms with Gasteiger partial charge in [0.1, 0.15) is 11.6 Å². The number of ether oxygens (including phenoxy) is 1. The van der Waals surface area contributed by atoms with Crippen LogP contribution in [-0.4, -0.2) is 28.2 Å². The van der Waals surface area contributed by atoms with E-state index in [9.17, 15) is 5.11 Å². The average molecular weight is 384 g/mol. The van der Waals surface area contributed by atoms with Crippen molar-refractivity contribution in [3.05, 3.63) is 34.6 Å². The Hall–Kier alpha value is -2.14. The maximum absolute atomic E-state index is 10.2. The summed E-state index contributed by atoms with van der Waals surface area (Å²) in [6.07, 6.45) is 5.00. The van der Waals surface area contributed by atoms with Gasteiger partial charge in [-0.25, -0.2) is 9.97 Å². The number of nitrogens with one attached hydrogen (secondary N) is 1. The van der Waals surface area contributed by atoms with E-state index in [2.05, 4.69) is 39.1 Å². The highest BCUT2D eigenvalue weighted by Crippen LogP contribution is 2.40. The zero-order valence-electron chi connectivity index (χ0n) is 17.8. The van der Waals surface area contributed by atoms with Crippen molar-refractivity contribution >= 4 is 5.82 Å². The van der Waals surface area contributed by atoms with E-state index in [1.165, 1.54) is 5.56 Å². The topological polar surface area (TPSA) is 67.3 Å². The van der Waals surface area contributed by atoms with Crippen LogP contribution in [0.15, 0.2) is 12.1 Å². The van der Waals surface area contributed by atoms with Crippen LogP contribution in [0.2, 0.25) is 0 Å².